The van der Waals surface area contributed by atoms with Gasteiger partial charge in [0, 0.05) is 18.2 Å². The van der Waals surface area contributed by atoms with Crippen LogP contribution in [0.5, 0.6) is 11.5 Å². The van der Waals surface area contributed by atoms with Gasteiger partial charge in [0.15, 0.2) is 0 Å². The standard InChI is InChI=1S/C26H27FN6O3/c1-5-25(34)31-21-12-20(22(35-4)13-23(21)36-10-9-32(2)3)30-24-16-33-19(14-28-24)15-29-26(33)17-7-6-8-18(27)11-17/h5-8,11-16,30H,1,9-10H2,2-4H3,(H,31,34). The van der Waals surface area contributed by atoms with E-state index in [9.17, 15) is 9.18 Å². The van der Waals surface area contributed by atoms with Crippen LogP contribution in [0.15, 0.2) is 67.6 Å². The van der Waals surface area contributed by atoms with Crippen molar-refractivity contribution in [1.29, 1.82) is 0 Å². The highest BCUT2D eigenvalue weighted by Gasteiger charge is 2.15. The zero-order valence-electron chi connectivity index (χ0n) is 20.3. The van der Waals surface area contributed by atoms with E-state index in [-0.39, 0.29) is 11.7 Å². The van der Waals surface area contributed by atoms with E-state index >= 15 is 0 Å². The molecule has 186 valence electrons. The Morgan fingerprint density at radius 3 is 2.69 bits per heavy atom. The van der Waals surface area contributed by atoms with E-state index < -0.39 is 0 Å². The van der Waals surface area contributed by atoms with Gasteiger partial charge in [-0.15, -0.1) is 0 Å². The van der Waals surface area contributed by atoms with Crippen LogP contribution in [0.3, 0.4) is 0 Å². The second-order valence-electron chi connectivity index (χ2n) is 8.18. The number of hydrogen-bond donors (Lipinski definition) is 2. The summed E-state index contributed by atoms with van der Waals surface area (Å²) in [5, 5.41) is 6.00. The van der Waals surface area contributed by atoms with Gasteiger partial charge in [-0.25, -0.2) is 14.4 Å². The normalized spacial score (nSPS) is 10.9. The third-order valence-electron chi connectivity index (χ3n) is 5.30. The monoisotopic (exact) mass is 490 g/mol. The van der Waals surface area contributed by atoms with Crippen LogP contribution < -0.4 is 20.1 Å². The summed E-state index contributed by atoms with van der Waals surface area (Å²) in [5.74, 6) is 1.29. The van der Waals surface area contributed by atoms with Crippen LogP contribution in [0.25, 0.3) is 16.9 Å². The highest BCUT2D eigenvalue weighted by molar-refractivity contribution is 6.00. The topological polar surface area (TPSA) is 93.0 Å². The van der Waals surface area contributed by atoms with Crippen molar-refractivity contribution in [3.8, 4) is 22.9 Å². The average molecular weight is 491 g/mol. The molecule has 10 heteroatoms. The lowest BCUT2D eigenvalue weighted by Crippen LogP contribution is -2.20. The minimum absolute atomic E-state index is 0.344. The van der Waals surface area contributed by atoms with Crippen molar-refractivity contribution in [3.63, 3.8) is 0 Å². The Labute approximate surface area is 208 Å². The van der Waals surface area contributed by atoms with Crippen molar-refractivity contribution in [3.05, 3.63) is 73.5 Å². The molecule has 9 nitrogen and oxygen atoms in total. The van der Waals surface area contributed by atoms with Crippen molar-refractivity contribution in [2.24, 2.45) is 0 Å². The first kappa shape index (κ1) is 24.7. The van der Waals surface area contributed by atoms with E-state index in [2.05, 4.69) is 27.2 Å². The van der Waals surface area contributed by atoms with E-state index in [1.54, 1.807) is 50.0 Å². The lowest BCUT2D eigenvalue weighted by molar-refractivity contribution is -0.111. The van der Waals surface area contributed by atoms with Crippen LogP contribution >= 0.6 is 0 Å². The molecular weight excluding hydrogens is 463 g/mol. The Kier molecular flexibility index (Phi) is 7.45. The third-order valence-corrected chi connectivity index (χ3v) is 5.30. The van der Waals surface area contributed by atoms with E-state index in [1.165, 1.54) is 18.2 Å². The highest BCUT2D eigenvalue weighted by atomic mass is 19.1. The highest BCUT2D eigenvalue weighted by Crippen LogP contribution is 2.38. The number of imidazole rings is 1. The minimum Gasteiger partial charge on any atom is -0.494 e. The molecule has 0 saturated heterocycles. The van der Waals surface area contributed by atoms with Crippen LogP contribution in [-0.2, 0) is 4.79 Å². The molecule has 0 unspecified atom stereocenters. The number of halogens is 1. The number of methoxy groups -OCH3 is 1. The quantitative estimate of drug-likeness (QED) is 0.319. The molecule has 0 atom stereocenters. The molecule has 0 bridgehead atoms. The maximum Gasteiger partial charge on any atom is 0.247 e. The molecule has 4 rings (SSSR count). The van der Waals surface area contributed by atoms with Crippen LogP contribution in [0.2, 0.25) is 0 Å². The first-order chi connectivity index (χ1) is 17.4. The van der Waals surface area contributed by atoms with Crippen LogP contribution in [0, 0.1) is 5.82 Å². The number of likely N-dealkylation sites (N-methyl/N-ethyl adjacent to an activating group) is 1. The van der Waals surface area contributed by atoms with Crippen LogP contribution in [0.1, 0.15) is 0 Å². The molecule has 0 radical (unpaired) electrons. The summed E-state index contributed by atoms with van der Waals surface area (Å²) in [6, 6.07) is 9.64. The van der Waals surface area contributed by atoms with E-state index in [0.29, 0.717) is 53.2 Å². The predicted molar refractivity (Wildman–Crippen MR) is 138 cm³/mol. The first-order valence-electron chi connectivity index (χ1n) is 11.2. The molecule has 0 aliphatic heterocycles. The van der Waals surface area contributed by atoms with Gasteiger partial charge in [-0.3, -0.25) is 9.20 Å². The summed E-state index contributed by atoms with van der Waals surface area (Å²) in [6.07, 6.45) is 6.26. The van der Waals surface area contributed by atoms with Crippen molar-refractivity contribution >= 4 is 28.6 Å². The molecule has 36 heavy (non-hydrogen) atoms. The van der Waals surface area contributed by atoms with Crippen molar-refractivity contribution < 1.29 is 18.7 Å². The van der Waals surface area contributed by atoms with E-state index in [0.717, 1.165) is 5.52 Å². The summed E-state index contributed by atoms with van der Waals surface area (Å²) in [5.41, 5.74) is 2.39. The second-order valence-corrected chi connectivity index (χ2v) is 8.18. The fourth-order valence-corrected chi connectivity index (χ4v) is 3.51. The molecule has 0 spiro atoms. The lowest BCUT2D eigenvalue weighted by Gasteiger charge is -2.18. The summed E-state index contributed by atoms with van der Waals surface area (Å²) < 4.78 is 27.1. The maximum absolute atomic E-state index is 13.8. The number of aromatic nitrogens is 3. The number of nitrogens with zero attached hydrogens (tertiary/aromatic N) is 4. The van der Waals surface area contributed by atoms with Crippen LogP contribution in [-0.4, -0.2) is 59.5 Å². The zero-order valence-corrected chi connectivity index (χ0v) is 20.3. The lowest BCUT2D eigenvalue weighted by atomic mass is 10.2. The molecule has 0 fully saturated rings. The number of nitrogens with one attached hydrogen (secondary N) is 2. The van der Waals surface area contributed by atoms with E-state index in [4.69, 9.17) is 9.47 Å². The molecule has 2 N–H and O–H groups in total. The summed E-state index contributed by atoms with van der Waals surface area (Å²) >= 11 is 0. The van der Waals surface area contributed by atoms with Gasteiger partial charge in [-0.2, -0.15) is 0 Å². The summed E-state index contributed by atoms with van der Waals surface area (Å²) in [7, 11) is 5.43. The van der Waals surface area contributed by atoms with Gasteiger partial charge >= 0.3 is 0 Å². The largest absolute Gasteiger partial charge is 0.494 e. The molecule has 4 aromatic rings. The fraction of sp³-hybridized carbons (Fsp3) is 0.192. The van der Waals surface area contributed by atoms with Gasteiger partial charge in [0.05, 0.1) is 42.6 Å². The summed E-state index contributed by atoms with van der Waals surface area (Å²) in [4.78, 5) is 22.9. The second kappa shape index (κ2) is 10.9. The molecule has 0 aliphatic rings. The Hall–Kier alpha value is -4.44. The Bertz CT molecular complexity index is 1400. The summed E-state index contributed by atoms with van der Waals surface area (Å²) in [6.45, 7) is 4.63. The van der Waals surface area contributed by atoms with Crippen molar-refractivity contribution in [1.82, 2.24) is 19.3 Å². The van der Waals surface area contributed by atoms with Gasteiger partial charge < -0.3 is 25.0 Å². The number of ether oxygens (including phenoxy) is 2. The Balaban J connectivity index is 1.69. The molecule has 0 aliphatic carbocycles. The third kappa shape index (κ3) is 5.61. The zero-order chi connectivity index (χ0) is 25.7. The maximum atomic E-state index is 13.8. The van der Waals surface area contributed by atoms with Gasteiger partial charge in [0.25, 0.3) is 0 Å². The number of benzene rings is 2. The first-order valence-corrected chi connectivity index (χ1v) is 11.2. The molecule has 2 aromatic carbocycles. The van der Waals surface area contributed by atoms with Crippen molar-refractivity contribution in [2.45, 2.75) is 0 Å². The van der Waals surface area contributed by atoms with Crippen LogP contribution in [0.4, 0.5) is 21.6 Å². The van der Waals surface area contributed by atoms with Gasteiger partial charge in [-0.1, -0.05) is 18.7 Å². The van der Waals surface area contributed by atoms with Gasteiger partial charge in [0.2, 0.25) is 5.91 Å². The SMILES string of the molecule is C=CC(=O)Nc1cc(Nc2cn3c(-c4cccc(F)c4)ncc3cn2)c(OC)cc1OCCN(C)C. The van der Waals surface area contributed by atoms with Crippen molar-refractivity contribution in [2.75, 3.05) is 45.0 Å². The molecule has 0 saturated carbocycles. The molecular formula is C26H27FN6O3. The number of anilines is 3. The van der Waals surface area contributed by atoms with E-state index in [1.807, 2.05) is 23.4 Å². The average Bonchev–Trinajstić information content (AvgIpc) is 3.28. The number of amides is 1. The number of fused-ring (bicyclic) bond motifs is 1. The smallest absolute Gasteiger partial charge is 0.247 e. The number of carbonyl (C=O) groups is 1. The Morgan fingerprint density at radius 1 is 1.17 bits per heavy atom. The number of rotatable bonds is 10. The molecule has 1 amide bonds. The predicted octanol–water partition coefficient (Wildman–Crippen LogP) is 4.35. The number of carbonyl (C=O) groups excluding carboxylic acids is 1. The molecule has 2 heterocycles. The van der Waals surface area contributed by atoms with Gasteiger partial charge in [0.1, 0.15) is 35.6 Å². The minimum atomic E-state index is -0.374. The van der Waals surface area contributed by atoms with Gasteiger partial charge in [-0.05, 0) is 38.4 Å². The Morgan fingerprint density at radius 2 is 1.97 bits per heavy atom. The number of hydrogen-bond acceptors (Lipinski definition) is 7. The fourth-order valence-electron chi connectivity index (χ4n) is 3.51. The molecule has 2 aromatic heterocycles.